The Balaban J connectivity index is 2.09. The Labute approximate surface area is 135 Å². The molecule has 2 amide bonds. The number of carbonyl (C=O) groups excluding carboxylic acids is 1. The van der Waals surface area contributed by atoms with E-state index >= 15 is 0 Å². The first-order valence-corrected chi connectivity index (χ1v) is 7.30. The second-order valence-electron chi connectivity index (χ2n) is 4.17. The molecular weight excluding hydrogens is 363 g/mol. The summed E-state index contributed by atoms with van der Waals surface area (Å²) in [7, 11) is 0. The molecule has 2 aromatic rings. The standard InChI is InChI=1S/C14H11BrCl2N2O/c1-8-2-3-9(15)6-13(8)19-14(20)18-10-4-5-11(16)12(17)7-10/h2-7H,1H3,(H2,18,19,20). The molecule has 0 aliphatic heterocycles. The normalized spacial score (nSPS) is 10.2. The molecule has 0 aliphatic rings. The fourth-order valence-corrected chi connectivity index (χ4v) is 2.25. The summed E-state index contributed by atoms with van der Waals surface area (Å²) in [5.74, 6) is 0. The molecule has 0 saturated carbocycles. The van der Waals surface area contributed by atoms with Crippen LogP contribution in [0.4, 0.5) is 16.2 Å². The van der Waals surface area contributed by atoms with Crippen molar-refractivity contribution in [2.45, 2.75) is 6.92 Å². The predicted octanol–water partition coefficient (Wildman–Crippen LogP) is 5.71. The van der Waals surface area contributed by atoms with Crippen LogP contribution in [0.15, 0.2) is 40.9 Å². The molecule has 0 spiro atoms. The summed E-state index contributed by atoms with van der Waals surface area (Å²) in [5, 5.41) is 6.31. The zero-order chi connectivity index (χ0) is 14.7. The summed E-state index contributed by atoms with van der Waals surface area (Å²) >= 11 is 15.1. The maximum Gasteiger partial charge on any atom is 0.323 e. The number of nitrogens with one attached hydrogen (secondary N) is 2. The van der Waals surface area contributed by atoms with Crippen molar-refractivity contribution in [3.05, 3.63) is 56.5 Å². The van der Waals surface area contributed by atoms with Gasteiger partial charge in [-0.15, -0.1) is 0 Å². The Hall–Kier alpha value is -1.23. The summed E-state index contributed by atoms with van der Waals surface area (Å²) in [4.78, 5) is 11.9. The van der Waals surface area contributed by atoms with Gasteiger partial charge in [-0.05, 0) is 42.8 Å². The molecular formula is C14H11BrCl2N2O. The van der Waals surface area contributed by atoms with Crippen LogP contribution < -0.4 is 10.6 Å². The van der Waals surface area contributed by atoms with Gasteiger partial charge in [-0.2, -0.15) is 0 Å². The van der Waals surface area contributed by atoms with E-state index in [0.29, 0.717) is 15.7 Å². The van der Waals surface area contributed by atoms with Gasteiger partial charge in [0.25, 0.3) is 0 Å². The van der Waals surface area contributed by atoms with Crippen molar-refractivity contribution in [2.24, 2.45) is 0 Å². The number of benzene rings is 2. The average molecular weight is 374 g/mol. The van der Waals surface area contributed by atoms with E-state index in [0.717, 1.165) is 15.7 Å². The highest BCUT2D eigenvalue weighted by Crippen LogP contribution is 2.25. The Morgan fingerprint density at radius 1 is 1.05 bits per heavy atom. The molecule has 0 saturated heterocycles. The average Bonchev–Trinajstić information content (AvgIpc) is 2.38. The lowest BCUT2D eigenvalue weighted by atomic mass is 10.2. The second-order valence-corrected chi connectivity index (χ2v) is 5.90. The molecule has 2 aromatic carbocycles. The minimum absolute atomic E-state index is 0.343. The summed E-state index contributed by atoms with van der Waals surface area (Å²) in [6.07, 6.45) is 0. The van der Waals surface area contributed by atoms with Gasteiger partial charge in [0.2, 0.25) is 0 Å². The third-order valence-electron chi connectivity index (χ3n) is 2.63. The van der Waals surface area contributed by atoms with E-state index in [1.165, 1.54) is 0 Å². The molecule has 2 rings (SSSR count). The highest BCUT2D eigenvalue weighted by molar-refractivity contribution is 9.10. The first kappa shape index (κ1) is 15.2. The van der Waals surface area contributed by atoms with Crippen LogP contribution in [0.3, 0.4) is 0 Å². The maximum atomic E-state index is 11.9. The van der Waals surface area contributed by atoms with Crippen LogP contribution in [0.25, 0.3) is 0 Å². The highest BCUT2D eigenvalue weighted by atomic mass is 79.9. The molecule has 0 fully saturated rings. The van der Waals surface area contributed by atoms with Gasteiger partial charge in [-0.25, -0.2) is 4.79 Å². The molecule has 2 N–H and O–H groups in total. The Morgan fingerprint density at radius 3 is 2.50 bits per heavy atom. The van der Waals surface area contributed by atoms with Gasteiger partial charge in [0.1, 0.15) is 0 Å². The third kappa shape index (κ3) is 3.88. The van der Waals surface area contributed by atoms with E-state index in [4.69, 9.17) is 23.2 Å². The number of rotatable bonds is 2. The molecule has 0 aliphatic carbocycles. The van der Waals surface area contributed by atoms with Crippen molar-refractivity contribution >= 4 is 56.5 Å². The van der Waals surface area contributed by atoms with E-state index in [1.807, 2.05) is 25.1 Å². The SMILES string of the molecule is Cc1ccc(Br)cc1NC(=O)Nc1ccc(Cl)c(Cl)c1. The minimum Gasteiger partial charge on any atom is -0.308 e. The summed E-state index contributed by atoms with van der Waals surface area (Å²) in [6, 6.07) is 10.2. The van der Waals surface area contributed by atoms with Crippen LogP contribution >= 0.6 is 39.1 Å². The van der Waals surface area contributed by atoms with Gasteiger partial charge >= 0.3 is 6.03 Å². The van der Waals surface area contributed by atoms with E-state index in [1.54, 1.807) is 18.2 Å². The molecule has 104 valence electrons. The Morgan fingerprint density at radius 2 is 1.80 bits per heavy atom. The smallest absolute Gasteiger partial charge is 0.308 e. The van der Waals surface area contributed by atoms with Crippen LogP contribution in [0, 0.1) is 6.92 Å². The molecule has 0 heterocycles. The van der Waals surface area contributed by atoms with Crippen LogP contribution in [0.1, 0.15) is 5.56 Å². The minimum atomic E-state index is -0.343. The van der Waals surface area contributed by atoms with Crippen LogP contribution in [-0.4, -0.2) is 6.03 Å². The van der Waals surface area contributed by atoms with E-state index in [2.05, 4.69) is 26.6 Å². The number of anilines is 2. The van der Waals surface area contributed by atoms with E-state index in [-0.39, 0.29) is 6.03 Å². The predicted molar refractivity (Wildman–Crippen MR) is 88.0 cm³/mol. The quantitative estimate of drug-likeness (QED) is 0.695. The van der Waals surface area contributed by atoms with Crippen molar-refractivity contribution < 1.29 is 4.79 Å². The van der Waals surface area contributed by atoms with Crippen molar-refractivity contribution in [1.29, 1.82) is 0 Å². The fourth-order valence-electron chi connectivity index (χ4n) is 1.59. The number of halogens is 3. The van der Waals surface area contributed by atoms with Gasteiger partial charge in [-0.1, -0.05) is 45.2 Å². The fraction of sp³-hybridized carbons (Fsp3) is 0.0714. The van der Waals surface area contributed by atoms with Crippen LogP contribution in [0.2, 0.25) is 10.0 Å². The molecule has 0 bridgehead atoms. The number of hydrogen-bond donors (Lipinski definition) is 2. The first-order valence-electron chi connectivity index (χ1n) is 5.75. The van der Waals surface area contributed by atoms with Gasteiger partial charge in [0, 0.05) is 15.8 Å². The lowest BCUT2D eigenvalue weighted by Gasteiger charge is -2.10. The zero-order valence-corrected chi connectivity index (χ0v) is 13.6. The Bertz CT molecular complexity index is 662. The number of aryl methyl sites for hydroxylation is 1. The van der Waals surface area contributed by atoms with Gasteiger partial charge < -0.3 is 10.6 Å². The largest absolute Gasteiger partial charge is 0.323 e. The first-order chi connectivity index (χ1) is 9.45. The molecule has 0 unspecified atom stereocenters. The maximum absolute atomic E-state index is 11.9. The lowest BCUT2D eigenvalue weighted by Crippen LogP contribution is -2.19. The lowest BCUT2D eigenvalue weighted by molar-refractivity contribution is 0.262. The van der Waals surface area contributed by atoms with Crippen molar-refractivity contribution in [2.75, 3.05) is 10.6 Å². The molecule has 0 aromatic heterocycles. The molecule has 20 heavy (non-hydrogen) atoms. The monoisotopic (exact) mass is 372 g/mol. The van der Waals surface area contributed by atoms with E-state index < -0.39 is 0 Å². The van der Waals surface area contributed by atoms with Gasteiger partial charge in [-0.3, -0.25) is 0 Å². The number of amides is 2. The topological polar surface area (TPSA) is 41.1 Å². The van der Waals surface area contributed by atoms with Gasteiger partial charge in [0.15, 0.2) is 0 Å². The Kier molecular flexibility index (Phi) is 4.91. The van der Waals surface area contributed by atoms with Crippen LogP contribution in [-0.2, 0) is 0 Å². The number of carbonyl (C=O) groups is 1. The summed E-state index contributed by atoms with van der Waals surface area (Å²) in [5.41, 5.74) is 2.28. The molecule has 0 atom stereocenters. The zero-order valence-electron chi connectivity index (χ0n) is 10.5. The summed E-state index contributed by atoms with van der Waals surface area (Å²) < 4.78 is 0.896. The number of urea groups is 1. The highest BCUT2D eigenvalue weighted by Gasteiger charge is 2.07. The van der Waals surface area contributed by atoms with Crippen molar-refractivity contribution in [1.82, 2.24) is 0 Å². The molecule has 6 heteroatoms. The number of hydrogen-bond acceptors (Lipinski definition) is 1. The van der Waals surface area contributed by atoms with Crippen LogP contribution in [0.5, 0.6) is 0 Å². The molecule has 3 nitrogen and oxygen atoms in total. The van der Waals surface area contributed by atoms with E-state index in [9.17, 15) is 4.79 Å². The molecule has 0 radical (unpaired) electrons. The second kappa shape index (κ2) is 6.48. The van der Waals surface area contributed by atoms with Crippen molar-refractivity contribution in [3.63, 3.8) is 0 Å². The summed E-state index contributed by atoms with van der Waals surface area (Å²) in [6.45, 7) is 1.92. The van der Waals surface area contributed by atoms with Gasteiger partial charge in [0.05, 0.1) is 10.0 Å². The van der Waals surface area contributed by atoms with Crippen molar-refractivity contribution in [3.8, 4) is 0 Å². The third-order valence-corrected chi connectivity index (χ3v) is 3.86.